The molecule has 0 unspecified atom stereocenters. The summed E-state index contributed by atoms with van der Waals surface area (Å²) in [4.78, 5) is 0. The van der Waals surface area contributed by atoms with Crippen molar-refractivity contribution in [1.82, 2.24) is 0 Å². The van der Waals surface area contributed by atoms with Crippen LogP contribution in [0, 0.1) is 0 Å². The number of rotatable bonds is 4. The Morgan fingerprint density at radius 2 is 1.74 bits per heavy atom. The van der Waals surface area contributed by atoms with Crippen LogP contribution in [0.5, 0.6) is 5.75 Å². The molecule has 2 nitrogen and oxygen atoms in total. The van der Waals surface area contributed by atoms with Crippen LogP contribution in [0.15, 0.2) is 42.5 Å². The van der Waals surface area contributed by atoms with E-state index in [0.717, 1.165) is 11.1 Å². The summed E-state index contributed by atoms with van der Waals surface area (Å²) in [7, 11) is 0. The highest BCUT2D eigenvalue weighted by atomic mass is 79.9. The van der Waals surface area contributed by atoms with Gasteiger partial charge >= 0.3 is 0 Å². The monoisotopic (exact) mass is 361 g/mol. The fourth-order valence-electron chi connectivity index (χ4n) is 1.72. The van der Waals surface area contributed by atoms with Gasteiger partial charge in [-0.1, -0.05) is 53.5 Å². The van der Waals surface area contributed by atoms with Gasteiger partial charge < -0.3 is 10.5 Å². The lowest BCUT2D eigenvalue weighted by atomic mass is 10.0. The van der Waals surface area contributed by atoms with E-state index in [4.69, 9.17) is 33.7 Å². The maximum Gasteiger partial charge on any atom is 0.130 e. The van der Waals surface area contributed by atoms with Gasteiger partial charge in [0.2, 0.25) is 0 Å². The van der Waals surface area contributed by atoms with Crippen LogP contribution >= 0.6 is 40.2 Å². The quantitative estimate of drug-likeness (QED) is 0.864. The van der Waals surface area contributed by atoms with Crippen molar-refractivity contribution in [2.45, 2.75) is 0 Å². The summed E-state index contributed by atoms with van der Waals surface area (Å²) < 4.78 is 5.61. The van der Waals surface area contributed by atoms with Crippen LogP contribution in [-0.4, -0.2) is 13.2 Å². The van der Waals surface area contributed by atoms with Gasteiger partial charge in [0.05, 0.1) is 5.02 Å². The minimum atomic E-state index is 0. The van der Waals surface area contributed by atoms with Gasteiger partial charge in [0.15, 0.2) is 0 Å². The summed E-state index contributed by atoms with van der Waals surface area (Å²) in [5, 5.41) is 1.12. The van der Waals surface area contributed by atoms with Crippen molar-refractivity contribution in [2.75, 3.05) is 13.2 Å². The van der Waals surface area contributed by atoms with Gasteiger partial charge in [-0.05, 0) is 17.7 Å². The predicted octanol–water partition coefficient (Wildman–Crippen LogP) is 4.58. The molecule has 2 aromatic carbocycles. The molecule has 0 atom stereocenters. The predicted molar refractivity (Wildman–Crippen MR) is 86.8 cm³/mol. The van der Waals surface area contributed by atoms with Crippen LogP contribution in [0.1, 0.15) is 0 Å². The van der Waals surface area contributed by atoms with Crippen molar-refractivity contribution in [3.05, 3.63) is 52.5 Å². The lowest BCUT2D eigenvalue weighted by molar-refractivity contribution is 0.329. The maximum absolute atomic E-state index is 6.25. The second-order valence-electron chi connectivity index (χ2n) is 3.76. The highest BCUT2D eigenvalue weighted by molar-refractivity contribution is 8.93. The Bertz CT molecular complexity index is 534. The van der Waals surface area contributed by atoms with Crippen molar-refractivity contribution in [1.29, 1.82) is 0 Å². The number of ether oxygens (including phenoxy) is 1. The Morgan fingerprint density at radius 3 is 2.37 bits per heavy atom. The first-order chi connectivity index (χ1) is 8.72. The third-order valence-electron chi connectivity index (χ3n) is 2.46. The van der Waals surface area contributed by atoms with Gasteiger partial charge in [-0.2, -0.15) is 0 Å². The maximum atomic E-state index is 6.25. The van der Waals surface area contributed by atoms with Gasteiger partial charge in [0.1, 0.15) is 12.4 Å². The van der Waals surface area contributed by atoms with Crippen LogP contribution in [0.25, 0.3) is 11.1 Å². The third kappa shape index (κ3) is 4.11. The average molecular weight is 363 g/mol. The Balaban J connectivity index is 0.00000180. The van der Waals surface area contributed by atoms with Gasteiger partial charge in [-0.3, -0.25) is 0 Å². The van der Waals surface area contributed by atoms with Gasteiger partial charge in [0.25, 0.3) is 0 Å². The number of benzene rings is 2. The van der Waals surface area contributed by atoms with E-state index >= 15 is 0 Å². The van der Waals surface area contributed by atoms with Crippen molar-refractivity contribution in [2.24, 2.45) is 5.73 Å². The smallest absolute Gasteiger partial charge is 0.130 e. The van der Waals surface area contributed by atoms with E-state index in [1.807, 2.05) is 30.3 Å². The highest BCUT2D eigenvalue weighted by Gasteiger charge is 2.12. The van der Waals surface area contributed by atoms with Crippen molar-refractivity contribution in [3.8, 4) is 16.9 Å². The van der Waals surface area contributed by atoms with E-state index in [1.165, 1.54) is 0 Å². The third-order valence-corrected chi connectivity index (χ3v) is 2.97. The summed E-state index contributed by atoms with van der Waals surface area (Å²) in [6.07, 6.45) is 0. The molecule has 0 aliphatic heterocycles. The first kappa shape index (κ1) is 16.3. The summed E-state index contributed by atoms with van der Waals surface area (Å²) >= 11 is 12.2. The van der Waals surface area contributed by atoms with Crippen LogP contribution in [-0.2, 0) is 0 Å². The second-order valence-corrected chi connectivity index (χ2v) is 4.61. The van der Waals surface area contributed by atoms with E-state index in [-0.39, 0.29) is 17.0 Å². The number of hydrogen-bond acceptors (Lipinski definition) is 2. The fourth-order valence-corrected chi connectivity index (χ4v) is 2.30. The standard InChI is InChI=1S/C14H13Cl2NO.BrH/c15-11-8-12(16)14(10-4-2-1-3-5-10)13(9-11)18-7-6-17;/h1-5,8-9H,6-7,17H2;1H. The molecule has 0 radical (unpaired) electrons. The van der Waals surface area contributed by atoms with E-state index < -0.39 is 0 Å². The molecule has 19 heavy (non-hydrogen) atoms. The molecule has 0 aromatic heterocycles. The van der Waals surface area contributed by atoms with Crippen LogP contribution in [0.4, 0.5) is 0 Å². The largest absolute Gasteiger partial charge is 0.492 e. The molecule has 5 heteroatoms. The normalized spacial score (nSPS) is 9.84. The van der Waals surface area contributed by atoms with Crippen molar-refractivity contribution in [3.63, 3.8) is 0 Å². The first-order valence-corrected chi connectivity index (χ1v) is 6.35. The minimum Gasteiger partial charge on any atom is -0.492 e. The molecule has 0 saturated carbocycles. The number of nitrogens with two attached hydrogens (primary N) is 1. The zero-order chi connectivity index (χ0) is 13.0. The van der Waals surface area contributed by atoms with Crippen LogP contribution in [0.2, 0.25) is 10.0 Å². The molecule has 0 heterocycles. The van der Waals surface area contributed by atoms with Gasteiger partial charge in [-0.25, -0.2) is 0 Å². The zero-order valence-corrected chi connectivity index (χ0v) is 13.3. The zero-order valence-electron chi connectivity index (χ0n) is 10.1. The fraction of sp³-hybridized carbons (Fsp3) is 0.143. The summed E-state index contributed by atoms with van der Waals surface area (Å²) in [6, 6.07) is 13.3. The summed E-state index contributed by atoms with van der Waals surface area (Å²) in [5.41, 5.74) is 7.28. The molecular formula is C14H14BrCl2NO. The minimum absolute atomic E-state index is 0. The molecular weight excluding hydrogens is 349 g/mol. The summed E-state index contributed by atoms with van der Waals surface area (Å²) in [5.74, 6) is 0.657. The van der Waals surface area contributed by atoms with E-state index in [0.29, 0.717) is 28.9 Å². The molecule has 0 saturated heterocycles. The van der Waals surface area contributed by atoms with Gasteiger partial charge in [-0.15, -0.1) is 17.0 Å². The Morgan fingerprint density at radius 1 is 1.05 bits per heavy atom. The van der Waals surface area contributed by atoms with Crippen molar-refractivity contribution >= 4 is 40.2 Å². The van der Waals surface area contributed by atoms with E-state index in [9.17, 15) is 0 Å². The number of hydrogen-bond donors (Lipinski definition) is 1. The molecule has 0 aliphatic rings. The first-order valence-electron chi connectivity index (χ1n) is 5.59. The Kier molecular flexibility index (Phi) is 6.66. The molecule has 2 N–H and O–H groups in total. The molecule has 0 spiro atoms. The number of halogens is 3. The lowest BCUT2D eigenvalue weighted by Gasteiger charge is -2.13. The van der Waals surface area contributed by atoms with E-state index in [2.05, 4.69) is 0 Å². The molecule has 0 fully saturated rings. The molecule has 0 amide bonds. The average Bonchev–Trinajstić information content (AvgIpc) is 2.36. The van der Waals surface area contributed by atoms with Gasteiger partial charge in [0, 0.05) is 17.1 Å². The topological polar surface area (TPSA) is 35.2 Å². The van der Waals surface area contributed by atoms with Crippen LogP contribution in [0.3, 0.4) is 0 Å². The second kappa shape index (κ2) is 7.75. The summed E-state index contributed by atoms with van der Waals surface area (Å²) in [6.45, 7) is 0.870. The van der Waals surface area contributed by atoms with Crippen LogP contribution < -0.4 is 10.5 Å². The SMILES string of the molecule is Br.NCCOc1cc(Cl)cc(Cl)c1-c1ccccc1. The molecule has 0 aliphatic carbocycles. The Labute approximate surface area is 133 Å². The molecule has 102 valence electrons. The lowest BCUT2D eigenvalue weighted by Crippen LogP contribution is -2.11. The van der Waals surface area contributed by atoms with Crippen molar-refractivity contribution < 1.29 is 4.74 Å². The Hall–Kier alpha value is -0.740. The molecule has 2 rings (SSSR count). The van der Waals surface area contributed by atoms with E-state index in [1.54, 1.807) is 12.1 Å². The highest BCUT2D eigenvalue weighted by Crippen LogP contribution is 2.38. The molecule has 2 aromatic rings. The molecule has 0 bridgehead atoms.